The first-order chi connectivity index (χ1) is 12.6. The van der Waals surface area contributed by atoms with E-state index in [1.165, 1.54) is 11.6 Å². The van der Waals surface area contributed by atoms with Gasteiger partial charge in [-0.25, -0.2) is 0 Å². The highest BCUT2D eigenvalue weighted by Gasteiger charge is 2.38. The number of carbonyl (C=O) groups excluding carboxylic acids is 1. The van der Waals surface area contributed by atoms with Crippen molar-refractivity contribution in [3.05, 3.63) is 58.9 Å². The van der Waals surface area contributed by atoms with E-state index in [0.29, 0.717) is 16.5 Å². The summed E-state index contributed by atoms with van der Waals surface area (Å²) in [6, 6.07) is 8.85. The van der Waals surface area contributed by atoms with E-state index in [2.05, 4.69) is 16.0 Å². The van der Waals surface area contributed by atoms with Crippen LogP contribution < -0.4 is 0 Å². The largest absolute Gasteiger partial charge is 0.507 e. The van der Waals surface area contributed by atoms with Crippen LogP contribution in [0.1, 0.15) is 28.8 Å². The van der Waals surface area contributed by atoms with Crippen molar-refractivity contribution in [2.45, 2.75) is 25.4 Å². The summed E-state index contributed by atoms with van der Waals surface area (Å²) >= 11 is 6.03. The van der Waals surface area contributed by atoms with Crippen molar-refractivity contribution >= 4 is 17.5 Å². The molecular weight excluding hydrogens is 350 g/mol. The Morgan fingerprint density at radius 2 is 2.12 bits per heavy atom. The Morgan fingerprint density at radius 3 is 2.92 bits per heavy atom. The zero-order valence-corrected chi connectivity index (χ0v) is 15.3. The van der Waals surface area contributed by atoms with Crippen LogP contribution in [0.2, 0.25) is 5.02 Å². The maximum atomic E-state index is 13.1. The number of amides is 1. The Labute approximate surface area is 158 Å². The average molecular weight is 372 g/mol. The van der Waals surface area contributed by atoms with Gasteiger partial charge < -0.3 is 10.0 Å². The SMILES string of the molecule is O=C(c1cc(Cl)ccc1O)N1C[C@H]2CC[C@@H]1CN(Cc1cccnc1)C2. The van der Waals surface area contributed by atoms with Crippen LogP contribution in [0.25, 0.3) is 0 Å². The summed E-state index contributed by atoms with van der Waals surface area (Å²) in [5.41, 5.74) is 1.49. The van der Waals surface area contributed by atoms with Gasteiger partial charge in [-0.15, -0.1) is 0 Å². The second kappa shape index (κ2) is 7.25. The maximum absolute atomic E-state index is 13.1. The highest BCUT2D eigenvalue weighted by molar-refractivity contribution is 6.31. The molecule has 2 bridgehead atoms. The van der Waals surface area contributed by atoms with Gasteiger partial charge in [0.15, 0.2) is 0 Å². The molecule has 4 heterocycles. The molecule has 1 amide bonds. The summed E-state index contributed by atoms with van der Waals surface area (Å²) in [7, 11) is 0. The average Bonchev–Trinajstić information content (AvgIpc) is 2.94. The Hall–Kier alpha value is -2.11. The molecule has 2 aromatic rings. The quantitative estimate of drug-likeness (QED) is 0.900. The number of carbonyl (C=O) groups is 1. The van der Waals surface area contributed by atoms with Gasteiger partial charge in [-0.2, -0.15) is 0 Å². The molecule has 3 saturated heterocycles. The van der Waals surface area contributed by atoms with Crippen LogP contribution in [-0.2, 0) is 6.54 Å². The minimum Gasteiger partial charge on any atom is -0.507 e. The molecule has 1 aromatic carbocycles. The van der Waals surface area contributed by atoms with Crippen LogP contribution in [0.5, 0.6) is 5.75 Å². The lowest BCUT2D eigenvalue weighted by Gasteiger charge is -2.36. The van der Waals surface area contributed by atoms with E-state index in [9.17, 15) is 9.90 Å². The van der Waals surface area contributed by atoms with Crippen LogP contribution in [-0.4, -0.2) is 51.5 Å². The van der Waals surface area contributed by atoms with Crippen LogP contribution in [0.3, 0.4) is 0 Å². The summed E-state index contributed by atoms with van der Waals surface area (Å²) in [5.74, 6) is 0.324. The number of hydrogen-bond acceptors (Lipinski definition) is 4. The molecule has 0 spiro atoms. The number of nitrogens with zero attached hydrogens (tertiary/aromatic N) is 3. The third kappa shape index (κ3) is 3.55. The van der Waals surface area contributed by atoms with Crippen molar-refractivity contribution in [2.24, 2.45) is 5.92 Å². The molecule has 3 aliphatic rings. The molecule has 6 heteroatoms. The van der Waals surface area contributed by atoms with E-state index in [0.717, 1.165) is 39.0 Å². The van der Waals surface area contributed by atoms with Gasteiger partial charge >= 0.3 is 0 Å². The first-order valence-electron chi connectivity index (χ1n) is 9.01. The number of rotatable bonds is 3. The van der Waals surface area contributed by atoms with E-state index in [1.807, 2.05) is 17.2 Å². The number of aromatic nitrogens is 1. The molecule has 0 saturated carbocycles. The molecule has 5 rings (SSSR count). The first-order valence-corrected chi connectivity index (χ1v) is 9.38. The van der Waals surface area contributed by atoms with Gasteiger partial charge in [0, 0.05) is 49.6 Å². The van der Waals surface area contributed by atoms with Crippen molar-refractivity contribution < 1.29 is 9.90 Å². The lowest BCUT2D eigenvalue weighted by atomic mass is 9.94. The molecule has 0 radical (unpaired) electrons. The minimum atomic E-state index is -0.122. The van der Waals surface area contributed by atoms with E-state index in [1.54, 1.807) is 18.3 Å². The topological polar surface area (TPSA) is 56.7 Å². The molecule has 136 valence electrons. The number of pyridine rings is 1. The van der Waals surface area contributed by atoms with Gasteiger partial charge in [-0.05, 0) is 48.6 Å². The number of phenolic OH excluding ortho intramolecular Hbond substituents is 1. The second-order valence-corrected chi connectivity index (χ2v) is 7.71. The predicted molar refractivity (Wildman–Crippen MR) is 100 cm³/mol. The van der Waals surface area contributed by atoms with Gasteiger partial charge in [0.1, 0.15) is 5.75 Å². The molecular formula is C20H22ClN3O2. The van der Waals surface area contributed by atoms with Crippen molar-refractivity contribution in [3.63, 3.8) is 0 Å². The summed E-state index contributed by atoms with van der Waals surface area (Å²) < 4.78 is 0. The molecule has 26 heavy (non-hydrogen) atoms. The van der Waals surface area contributed by atoms with E-state index in [-0.39, 0.29) is 17.7 Å². The number of phenols is 1. The van der Waals surface area contributed by atoms with Crippen LogP contribution in [0, 0.1) is 5.92 Å². The third-order valence-electron chi connectivity index (χ3n) is 5.37. The Morgan fingerprint density at radius 1 is 1.23 bits per heavy atom. The van der Waals surface area contributed by atoms with Crippen LogP contribution in [0.15, 0.2) is 42.7 Å². The van der Waals surface area contributed by atoms with Gasteiger partial charge in [0.25, 0.3) is 5.91 Å². The fourth-order valence-electron chi connectivity index (χ4n) is 4.14. The zero-order valence-electron chi connectivity index (χ0n) is 14.5. The van der Waals surface area contributed by atoms with E-state index < -0.39 is 0 Å². The normalized spacial score (nSPS) is 23.0. The van der Waals surface area contributed by atoms with Crippen LogP contribution >= 0.6 is 11.6 Å². The maximum Gasteiger partial charge on any atom is 0.257 e. The van der Waals surface area contributed by atoms with Gasteiger partial charge in [0.2, 0.25) is 0 Å². The highest BCUT2D eigenvalue weighted by atomic mass is 35.5. The first kappa shape index (κ1) is 17.3. The monoisotopic (exact) mass is 371 g/mol. The van der Waals surface area contributed by atoms with Crippen molar-refractivity contribution in [1.82, 2.24) is 14.8 Å². The number of piperidine rings is 1. The Kier molecular flexibility index (Phi) is 4.83. The Balaban J connectivity index is 1.53. The summed E-state index contributed by atoms with van der Waals surface area (Å²) in [6.45, 7) is 3.42. The molecule has 1 N–H and O–H groups in total. The fraction of sp³-hybridized carbons (Fsp3) is 0.400. The predicted octanol–water partition coefficient (Wildman–Crippen LogP) is 3.18. The second-order valence-electron chi connectivity index (χ2n) is 7.27. The molecule has 5 nitrogen and oxygen atoms in total. The molecule has 1 aromatic heterocycles. The molecule has 3 aliphatic heterocycles. The van der Waals surface area contributed by atoms with Gasteiger partial charge in [-0.1, -0.05) is 17.7 Å². The van der Waals surface area contributed by atoms with E-state index in [4.69, 9.17) is 11.6 Å². The third-order valence-corrected chi connectivity index (χ3v) is 5.60. The number of halogens is 1. The smallest absolute Gasteiger partial charge is 0.257 e. The zero-order chi connectivity index (χ0) is 18.1. The van der Waals surface area contributed by atoms with Crippen molar-refractivity contribution in [2.75, 3.05) is 19.6 Å². The number of hydrogen-bond donors (Lipinski definition) is 1. The number of aromatic hydroxyl groups is 1. The molecule has 3 fully saturated rings. The van der Waals surface area contributed by atoms with Crippen molar-refractivity contribution in [1.29, 1.82) is 0 Å². The molecule has 0 aliphatic carbocycles. The van der Waals surface area contributed by atoms with Crippen LogP contribution in [0.4, 0.5) is 0 Å². The van der Waals surface area contributed by atoms with Gasteiger partial charge in [-0.3, -0.25) is 14.7 Å². The molecule has 2 atom stereocenters. The standard InChI is InChI=1S/C20H22ClN3O2/c21-16-4-6-19(25)18(8-16)20(26)24-12-15-3-5-17(24)13-23(11-15)10-14-2-1-7-22-9-14/h1-2,4,6-9,15,17,25H,3,5,10-13H2/t15-,17+/m0/s1. The highest BCUT2D eigenvalue weighted by Crippen LogP contribution is 2.32. The number of fused-ring (bicyclic) bond motifs is 4. The summed E-state index contributed by atoms with van der Waals surface area (Å²) in [5, 5.41) is 10.6. The minimum absolute atomic E-state index is 0.00765. The summed E-state index contributed by atoms with van der Waals surface area (Å²) in [6.07, 6.45) is 5.83. The fourth-order valence-corrected chi connectivity index (χ4v) is 4.31. The summed E-state index contributed by atoms with van der Waals surface area (Å²) in [4.78, 5) is 21.6. The lowest BCUT2D eigenvalue weighted by Crippen LogP contribution is -2.47. The Bertz CT molecular complexity index is 799. The number of benzene rings is 1. The van der Waals surface area contributed by atoms with Gasteiger partial charge in [0.05, 0.1) is 5.56 Å². The molecule has 0 unspecified atom stereocenters. The lowest BCUT2D eigenvalue weighted by molar-refractivity contribution is 0.0582. The van der Waals surface area contributed by atoms with E-state index >= 15 is 0 Å². The van der Waals surface area contributed by atoms with Crippen molar-refractivity contribution in [3.8, 4) is 5.75 Å².